The van der Waals surface area contributed by atoms with Crippen LogP contribution >= 0.6 is 0 Å². The van der Waals surface area contributed by atoms with Crippen LogP contribution in [0.25, 0.3) is 0 Å². The second-order valence-corrected chi connectivity index (χ2v) is 4.03. The van der Waals surface area contributed by atoms with Crippen molar-refractivity contribution in [2.24, 2.45) is 0 Å². The summed E-state index contributed by atoms with van der Waals surface area (Å²) in [5.41, 5.74) is 0.527. The summed E-state index contributed by atoms with van der Waals surface area (Å²) in [4.78, 5) is 0. The van der Waals surface area contributed by atoms with Crippen molar-refractivity contribution in [1.82, 2.24) is 5.32 Å². The summed E-state index contributed by atoms with van der Waals surface area (Å²) in [5.74, 6) is 1.52. The van der Waals surface area contributed by atoms with E-state index in [9.17, 15) is 10.2 Å². The molecule has 2 rings (SSSR count). The minimum Gasteiger partial charge on any atom is -0.493 e. The van der Waals surface area contributed by atoms with E-state index in [-0.39, 0.29) is 13.3 Å². The lowest BCUT2D eigenvalue weighted by molar-refractivity contribution is 0.0200. The molecule has 0 spiro atoms. The summed E-state index contributed by atoms with van der Waals surface area (Å²) in [5, 5.41) is 22.6. The highest BCUT2D eigenvalue weighted by molar-refractivity contribution is 5.55. The van der Waals surface area contributed by atoms with Crippen LogP contribution in [0, 0.1) is 0 Å². The Morgan fingerprint density at radius 1 is 1.39 bits per heavy atom. The number of methoxy groups -OCH3 is 1. The molecule has 6 heteroatoms. The summed E-state index contributed by atoms with van der Waals surface area (Å²) in [6.07, 6.45) is -1.92. The maximum absolute atomic E-state index is 10.0. The van der Waals surface area contributed by atoms with Crippen molar-refractivity contribution in [3.63, 3.8) is 0 Å². The average molecular weight is 255 g/mol. The molecule has 18 heavy (non-hydrogen) atoms. The molecule has 1 aliphatic rings. The Hall–Kier alpha value is -1.50. The molecule has 0 fully saturated rings. The first-order valence-corrected chi connectivity index (χ1v) is 5.65. The first-order valence-electron chi connectivity index (χ1n) is 5.65. The molecule has 0 radical (unpaired) electrons. The maximum Gasteiger partial charge on any atom is 0.231 e. The Morgan fingerprint density at radius 2 is 2.17 bits per heavy atom. The third kappa shape index (κ3) is 2.35. The molecule has 3 N–H and O–H groups in total. The lowest BCUT2D eigenvalue weighted by Gasteiger charge is -2.19. The molecule has 0 bridgehead atoms. The van der Waals surface area contributed by atoms with Crippen molar-refractivity contribution in [2.75, 3.05) is 27.5 Å². The highest BCUT2D eigenvalue weighted by Gasteiger charge is 2.25. The molecule has 6 nitrogen and oxygen atoms in total. The van der Waals surface area contributed by atoms with Crippen LogP contribution in [0.3, 0.4) is 0 Å². The van der Waals surface area contributed by atoms with Gasteiger partial charge in [0.05, 0.1) is 13.2 Å². The number of rotatable bonds is 5. The molecule has 0 saturated carbocycles. The molecular weight excluding hydrogens is 238 g/mol. The zero-order valence-electron chi connectivity index (χ0n) is 10.3. The van der Waals surface area contributed by atoms with Gasteiger partial charge in [0.1, 0.15) is 6.10 Å². The van der Waals surface area contributed by atoms with E-state index in [1.807, 2.05) is 0 Å². The molecule has 1 aromatic rings. The normalized spacial score (nSPS) is 16.4. The fourth-order valence-corrected chi connectivity index (χ4v) is 1.86. The topological polar surface area (TPSA) is 80.2 Å². The van der Waals surface area contributed by atoms with Gasteiger partial charge in [0.25, 0.3) is 0 Å². The van der Waals surface area contributed by atoms with Crippen LogP contribution in [-0.4, -0.2) is 43.8 Å². The lowest BCUT2D eigenvalue weighted by Crippen LogP contribution is -2.29. The Labute approximate surface area is 105 Å². The molecule has 0 amide bonds. The van der Waals surface area contributed by atoms with Crippen LogP contribution in [0.4, 0.5) is 0 Å². The molecule has 1 aromatic carbocycles. The van der Waals surface area contributed by atoms with Gasteiger partial charge in [-0.2, -0.15) is 0 Å². The number of nitrogens with one attached hydrogen (secondary N) is 1. The summed E-state index contributed by atoms with van der Waals surface area (Å²) in [6.45, 7) is 0.419. The van der Waals surface area contributed by atoms with Crippen molar-refractivity contribution in [1.29, 1.82) is 0 Å². The van der Waals surface area contributed by atoms with E-state index < -0.39 is 12.2 Å². The molecule has 0 saturated heterocycles. The number of aliphatic hydroxyl groups excluding tert-OH is 2. The van der Waals surface area contributed by atoms with Gasteiger partial charge in [-0.05, 0) is 24.7 Å². The molecule has 1 heterocycles. The molecule has 2 atom stereocenters. The fourth-order valence-electron chi connectivity index (χ4n) is 1.86. The van der Waals surface area contributed by atoms with Gasteiger partial charge >= 0.3 is 0 Å². The summed E-state index contributed by atoms with van der Waals surface area (Å²) in [7, 11) is 3.22. The highest BCUT2D eigenvalue weighted by atomic mass is 16.7. The molecule has 1 aliphatic heterocycles. The van der Waals surface area contributed by atoms with Crippen molar-refractivity contribution in [3.05, 3.63) is 17.7 Å². The Kier molecular flexibility index (Phi) is 3.90. The van der Waals surface area contributed by atoms with E-state index in [0.717, 1.165) is 0 Å². The minimum atomic E-state index is -1.01. The third-order valence-electron chi connectivity index (χ3n) is 2.80. The van der Waals surface area contributed by atoms with Gasteiger partial charge in [0, 0.05) is 6.54 Å². The highest BCUT2D eigenvalue weighted by Crippen LogP contribution is 2.43. The van der Waals surface area contributed by atoms with Crippen molar-refractivity contribution in [3.8, 4) is 17.2 Å². The predicted molar refractivity (Wildman–Crippen MR) is 64.0 cm³/mol. The minimum absolute atomic E-state index is 0.129. The van der Waals surface area contributed by atoms with E-state index in [4.69, 9.17) is 14.2 Å². The monoisotopic (exact) mass is 255 g/mol. The van der Waals surface area contributed by atoms with Gasteiger partial charge in [-0.15, -0.1) is 0 Å². The van der Waals surface area contributed by atoms with Crippen LogP contribution in [-0.2, 0) is 0 Å². The number of likely N-dealkylation sites (N-methyl/N-ethyl adjacent to an activating group) is 1. The molecule has 2 unspecified atom stereocenters. The predicted octanol–water partition coefficient (Wildman–Crippen LogP) is 0.0376. The molecule has 0 aliphatic carbocycles. The van der Waals surface area contributed by atoms with Crippen LogP contribution in [0.5, 0.6) is 17.2 Å². The zero-order valence-corrected chi connectivity index (χ0v) is 10.3. The van der Waals surface area contributed by atoms with E-state index in [1.165, 1.54) is 7.11 Å². The van der Waals surface area contributed by atoms with Gasteiger partial charge in [-0.1, -0.05) is 0 Å². The van der Waals surface area contributed by atoms with Crippen molar-refractivity contribution in [2.45, 2.75) is 12.2 Å². The average Bonchev–Trinajstić information content (AvgIpc) is 2.85. The number of ether oxygens (including phenoxy) is 3. The largest absolute Gasteiger partial charge is 0.493 e. The number of aliphatic hydroxyl groups is 2. The van der Waals surface area contributed by atoms with Gasteiger partial charge in [0.15, 0.2) is 11.5 Å². The quantitative estimate of drug-likeness (QED) is 0.689. The molecule has 100 valence electrons. The zero-order chi connectivity index (χ0) is 13.1. The van der Waals surface area contributed by atoms with Crippen molar-refractivity contribution >= 4 is 0 Å². The second kappa shape index (κ2) is 5.43. The van der Waals surface area contributed by atoms with Gasteiger partial charge < -0.3 is 29.7 Å². The molecule has 0 aromatic heterocycles. The Bertz CT molecular complexity index is 423. The van der Waals surface area contributed by atoms with Gasteiger partial charge in [-0.3, -0.25) is 0 Å². The summed E-state index contributed by atoms with van der Waals surface area (Å²) >= 11 is 0. The van der Waals surface area contributed by atoms with Crippen LogP contribution in [0.2, 0.25) is 0 Å². The standard InChI is InChI=1S/C12H17NO5/c1-13-5-8(14)11(15)7-3-9(16-2)12-10(4-7)17-6-18-12/h3-4,8,11,13-15H,5-6H2,1-2H3. The van der Waals surface area contributed by atoms with E-state index in [0.29, 0.717) is 22.8 Å². The Balaban J connectivity index is 2.28. The first kappa shape index (κ1) is 12.9. The second-order valence-electron chi connectivity index (χ2n) is 4.03. The maximum atomic E-state index is 10.0. The van der Waals surface area contributed by atoms with Crippen LogP contribution in [0.15, 0.2) is 12.1 Å². The smallest absolute Gasteiger partial charge is 0.231 e. The SMILES string of the molecule is CNCC(O)C(O)c1cc(OC)c2c(c1)OCO2. The lowest BCUT2D eigenvalue weighted by atomic mass is 10.0. The van der Waals surface area contributed by atoms with Gasteiger partial charge in [0.2, 0.25) is 12.5 Å². The van der Waals surface area contributed by atoms with Crippen LogP contribution < -0.4 is 19.5 Å². The number of fused-ring (bicyclic) bond motifs is 1. The molecular formula is C12H17NO5. The summed E-state index contributed by atoms with van der Waals surface area (Å²) in [6, 6.07) is 3.28. The van der Waals surface area contributed by atoms with Gasteiger partial charge in [-0.25, -0.2) is 0 Å². The number of hydrogen-bond acceptors (Lipinski definition) is 6. The van der Waals surface area contributed by atoms with E-state index in [1.54, 1.807) is 19.2 Å². The van der Waals surface area contributed by atoms with Crippen molar-refractivity contribution < 1.29 is 24.4 Å². The number of benzene rings is 1. The fraction of sp³-hybridized carbons (Fsp3) is 0.500. The van der Waals surface area contributed by atoms with E-state index in [2.05, 4.69) is 5.32 Å². The van der Waals surface area contributed by atoms with Crippen LogP contribution in [0.1, 0.15) is 11.7 Å². The third-order valence-corrected chi connectivity index (χ3v) is 2.80. The first-order chi connectivity index (χ1) is 8.67. The number of hydrogen-bond donors (Lipinski definition) is 3. The Morgan fingerprint density at radius 3 is 2.83 bits per heavy atom. The van der Waals surface area contributed by atoms with E-state index >= 15 is 0 Å². The summed E-state index contributed by atoms with van der Waals surface area (Å²) < 4.78 is 15.7.